The highest BCUT2D eigenvalue weighted by molar-refractivity contribution is 6.03. The number of furan rings is 1. The van der Waals surface area contributed by atoms with E-state index in [9.17, 15) is 14.7 Å². The van der Waals surface area contributed by atoms with Gasteiger partial charge in [0.15, 0.2) is 11.5 Å². The van der Waals surface area contributed by atoms with Crippen LogP contribution in [0.15, 0.2) is 4.42 Å². The summed E-state index contributed by atoms with van der Waals surface area (Å²) in [5.41, 5.74) is 1.08. The molecule has 0 spiro atoms. The predicted octanol–water partition coefficient (Wildman–Crippen LogP) is 2.63. The maximum absolute atomic E-state index is 12.3. The summed E-state index contributed by atoms with van der Waals surface area (Å²) >= 11 is 0. The number of hydrogen-bond donors (Lipinski definition) is 2. The first kappa shape index (κ1) is 16.7. The van der Waals surface area contributed by atoms with Crippen LogP contribution in [0.1, 0.15) is 72.3 Å². The van der Waals surface area contributed by atoms with E-state index in [4.69, 9.17) is 4.42 Å². The zero-order valence-electron chi connectivity index (χ0n) is 13.8. The number of ketones is 1. The lowest BCUT2D eigenvalue weighted by Gasteiger charge is -2.27. The summed E-state index contributed by atoms with van der Waals surface area (Å²) in [6.45, 7) is 8.09. The van der Waals surface area contributed by atoms with Crippen LogP contribution in [0.25, 0.3) is 0 Å². The molecule has 122 valence electrons. The molecule has 0 saturated heterocycles. The first-order valence-electron chi connectivity index (χ1n) is 7.87. The third-order valence-corrected chi connectivity index (χ3v) is 4.22. The van der Waals surface area contributed by atoms with Gasteiger partial charge in [-0.15, -0.1) is 0 Å². The molecule has 2 rings (SSSR count). The number of aliphatic hydroxyl groups is 1. The van der Waals surface area contributed by atoms with Gasteiger partial charge in [0.2, 0.25) is 0 Å². The van der Waals surface area contributed by atoms with Crippen molar-refractivity contribution in [1.82, 2.24) is 5.32 Å². The Hall–Kier alpha value is -1.62. The van der Waals surface area contributed by atoms with E-state index in [-0.39, 0.29) is 22.9 Å². The molecular formula is C17H25NO4. The van der Waals surface area contributed by atoms with Gasteiger partial charge in [-0.25, -0.2) is 0 Å². The van der Waals surface area contributed by atoms with Crippen LogP contribution < -0.4 is 5.32 Å². The quantitative estimate of drug-likeness (QED) is 0.876. The lowest BCUT2D eigenvalue weighted by molar-refractivity contribution is 0.0884. The molecule has 0 aliphatic heterocycles. The minimum absolute atomic E-state index is 0.0490. The molecule has 1 aliphatic rings. The Morgan fingerprint density at radius 2 is 2.09 bits per heavy atom. The van der Waals surface area contributed by atoms with Crippen LogP contribution in [-0.2, 0) is 6.42 Å². The normalized spacial score (nSPS) is 18.0. The number of nitrogens with one attached hydrogen (secondary N) is 1. The maximum Gasteiger partial charge on any atom is 0.287 e. The first-order chi connectivity index (χ1) is 10.2. The number of carbonyl (C=O) groups is 2. The maximum atomic E-state index is 12.3. The van der Waals surface area contributed by atoms with Crippen LogP contribution in [0.4, 0.5) is 0 Å². The van der Waals surface area contributed by atoms with Crippen molar-refractivity contribution in [3.8, 4) is 0 Å². The third kappa shape index (κ3) is 3.40. The van der Waals surface area contributed by atoms with Gasteiger partial charge in [0.05, 0.1) is 11.7 Å². The van der Waals surface area contributed by atoms with Crippen LogP contribution in [0.2, 0.25) is 0 Å². The Morgan fingerprint density at radius 3 is 2.73 bits per heavy atom. The largest absolute Gasteiger partial charge is 0.455 e. The van der Waals surface area contributed by atoms with Crippen molar-refractivity contribution in [2.75, 3.05) is 6.54 Å². The van der Waals surface area contributed by atoms with Gasteiger partial charge in [0.1, 0.15) is 5.76 Å². The van der Waals surface area contributed by atoms with Gasteiger partial charge in [-0.1, -0.05) is 20.8 Å². The minimum atomic E-state index is -0.409. The standard InChI is InChI=1S/C17H25NO4/c1-5-11(19)6-7-18-16(21)15-10(2)14-12(20)8-17(3,4)9-13(14)22-15/h11,19H,5-9H2,1-4H3,(H,18,21). The van der Waals surface area contributed by atoms with E-state index in [0.29, 0.717) is 49.1 Å². The van der Waals surface area contributed by atoms with E-state index < -0.39 is 6.10 Å². The molecular weight excluding hydrogens is 282 g/mol. The summed E-state index contributed by atoms with van der Waals surface area (Å²) in [5, 5.41) is 12.2. The van der Waals surface area contributed by atoms with E-state index in [1.165, 1.54) is 0 Å². The molecule has 0 saturated carbocycles. The molecule has 22 heavy (non-hydrogen) atoms. The Labute approximate surface area is 131 Å². The molecule has 0 aromatic carbocycles. The number of rotatable bonds is 5. The second-order valence-corrected chi connectivity index (χ2v) is 6.90. The highest BCUT2D eigenvalue weighted by Gasteiger charge is 2.36. The number of hydrogen-bond acceptors (Lipinski definition) is 4. The third-order valence-electron chi connectivity index (χ3n) is 4.22. The molecule has 1 aliphatic carbocycles. The average molecular weight is 307 g/mol. The van der Waals surface area contributed by atoms with Gasteiger partial charge in [0, 0.05) is 24.9 Å². The summed E-state index contributed by atoms with van der Waals surface area (Å²) in [6, 6.07) is 0. The van der Waals surface area contributed by atoms with Gasteiger partial charge in [0.25, 0.3) is 5.91 Å². The van der Waals surface area contributed by atoms with Gasteiger partial charge in [-0.2, -0.15) is 0 Å². The van der Waals surface area contributed by atoms with E-state index in [0.717, 1.165) is 0 Å². The van der Waals surface area contributed by atoms with Crippen LogP contribution in [0, 0.1) is 12.3 Å². The number of fused-ring (bicyclic) bond motifs is 1. The van der Waals surface area contributed by atoms with Gasteiger partial charge in [-0.3, -0.25) is 9.59 Å². The second kappa shape index (κ2) is 6.24. The molecule has 0 bridgehead atoms. The first-order valence-corrected chi connectivity index (χ1v) is 7.87. The van der Waals surface area contributed by atoms with Gasteiger partial charge in [-0.05, 0) is 25.2 Å². The summed E-state index contributed by atoms with van der Waals surface area (Å²) in [7, 11) is 0. The van der Waals surface area contributed by atoms with E-state index in [1.54, 1.807) is 6.92 Å². The summed E-state index contributed by atoms with van der Waals surface area (Å²) in [4.78, 5) is 24.5. The lowest BCUT2D eigenvalue weighted by atomic mass is 9.76. The fourth-order valence-electron chi connectivity index (χ4n) is 2.94. The van der Waals surface area contributed by atoms with Crippen molar-refractivity contribution in [3.63, 3.8) is 0 Å². The van der Waals surface area contributed by atoms with E-state index >= 15 is 0 Å². The molecule has 1 amide bonds. The van der Waals surface area contributed by atoms with Crippen molar-refractivity contribution < 1.29 is 19.1 Å². The van der Waals surface area contributed by atoms with Crippen molar-refractivity contribution in [2.24, 2.45) is 5.41 Å². The molecule has 5 heteroatoms. The topological polar surface area (TPSA) is 79.5 Å². The highest BCUT2D eigenvalue weighted by atomic mass is 16.4. The zero-order chi connectivity index (χ0) is 16.5. The molecule has 1 aromatic rings. The molecule has 0 radical (unpaired) electrons. The van der Waals surface area contributed by atoms with Crippen LogP contribution in [0.3, 0.4) is 0 Å². The molecule has 1 unspecified atom stereocenters. The van der Waals surface area contributed by atoms with Gasteiger partial charge < -0.3 is 14.8 Å². The summed E-state index contributed by atoms with van der Waals surface area (Å²) in [5.74, 6) is 0.577. The smallest absolute Gasteiger partial charge is 0.287 e. The number of amides is 1. The van der Waals surface area contributed by atoms with E-state index in [2.05, 4.69) is 5.32 Å². The Kier molecular flexibility index (Phi) is 4.75. The van der Waals surface area contributed by atoms with Crippen LogP contribution >= 0.6 is 0 Å². The van der Waals surface area contributed by atoms with Crippen molar-refractivity contribution in [2.45, 2.75) is 59.5 Å². The summed E-state index contributed by atoms with van der Waals surface area (Å²) in [6.07, 6.45) is 1.90. The number of aliphatic hydroxyl groups excluding tert-OH is 1. The average Bonchev–Trinajstić information content (AvgIpc) is 2.73. The molecule has 1 heterocycles. The predicted molar refractivity (Wildman–Crippen MR) is 83.1 cm³/mol. The Balaban J connectivity index is 2.13. The van der Waals surface area contributed by atoms with Gasteiger partial charge >= 0.3 is 0 Å². The molecule has 5 nitrogen and oxygen atoms in total. The fraction of sp³-hybridized carbons (Fsp3) is 0.647. The molecule has 1 aromatic heterocycles. The summed E-state index contributed by atoms with van der Waals surface area (Å²) < 4.78 is 5.69. The lowest BCUT2D eigenvalue weighted by Crippen LogP contribution is -2.27. The molecule has 1 atom stereocenters. The zero-order valence-corrected chi connectivity index (χ0v) is 13.8. The Morgan fingerprint density at radius 1 is 1.41 bits per heavy atom. The monoisotopic (exact) mass is 307 g/mol. The van der Waals surface area contributed by atoms with Crippen LogP contribution in [0.5, 0.6) is 0 Å². The minimum Gasteiger partial charge on any atom is -0.455 e. The van der Waals surface area contributed by atoms with E-state index in [1.807, 2.05) is 20.8 Å². The van der Waals surface area contributed by atoms with Crippen LogP contribution in [-0.4, -0.2) is 29.4 Å². The SMILES string of the molecule is CCC(O)CCNC(=O)c1oc2c(c1C)C(=O)CC(C)(C)C2. The van der Waals surface area contributed by atoms with Crippen molar-refractivity contribution >= 4 is 11.7 Å². The second-order valence-electron chi connectivity index (χ2n) is 6.90. The number of carbonyl (C=O) groups excluding carboxylic acids is 2. The van der Waals surface area contributed by atoms with Crippen molar-refractivity contribution in [1.29, 1.82) is 0 Å². The Bertz CT molecular complexity index is 586. The number of Topliss-reactive ketones (excluding diaryl/α,β-unsaturated/α-hetero) is 1. The molecule has 0 fully saturated rings. The molecule has 2 N–H and O–H groups in total. The van der Waals surface area contributed by atoms with Crippen molar-refractivity contribution in [3.05, 3.63) is 22.6 Å². The fourth-order valence-corrected chi connectivity index (χ4v) is 2.94. The highest BCUT2D eigenvalue weighted by Crippen LogP contribution is 2.38.